The van der Waals surface area contributed by atoms with Crippen molar-refractivity contribution >= 4 is 5.91 Å². The molecule has 2 N–H and O–H groups in total. The second-order valence-corrected chi connectivity index (χ2v) is 8.14. The van der Waals surface area contributed by atoms with Crippen LogP contribution in [0.15, 0.2) is 53.6 Å². The van der Waals surface area contributed by atoms with Crippen molar-refractivity contribution < 1.29 is 9.90 Å². The number of hydrogen-bond acceptors (Lipinski definition) is 5. The van der Waals surface area contributed by atoms with Crippen LogP contribution in [0.3, 0.4) is 0 Å². The van der Waals surface area contributed by atoms with Crippen LogP contribution < -0.4 is 5.56 Å². The highest BCUT2D eigenvalue weighted by Crippen LogP contribution is 2.43. The summed E-state index contributed by atoms with van der Waals surface area (Å²) in [5.74, 6) is 0.494. The summed E-state index contributed by atoms with van der Waals surface area (Å²) >= 11 is 0. The van der Waals surface area contributed by atoms with Crippen LogP contribution in [-0.2, 0) is 11.8 Å². The van der Waals surface area contributed by atoms with Gasteiger partial charge in [0.1, 0.15) is 11.6 Å². The topological polar surface area (TPSA) is 99.2 Å². The first-order valence-corrected chi connectivity index (χ1v) is 10.2. The van der Waals surface area contributed by atoms with Crippen LogP contribution in [0.5, 0.6) is 5.75 Å². The standard InChI is InChI=1S/C23H22N4O3/c28-17-6-1-4-15(12-17)22(30)27-11-3-8-23(14-27)9-7-18-19(23)25-20(26-21(18)29)16-5-2-10-24-13-16/h1-2,4-6,10,12-13,28H,3,7-9,11,14H2,(H,25,26,29). The van der Waals surface area contributed by atoms with Crippen LogP contribution in [0.4, 0.5) is 0 Å². The van der Waals surface area contributed by atoms with E-state index >= 15 is 0 Å². The highest BCUT2D eigenvalue weighted by atomic mass is 16.3. The zero-order valence-corrected chi connectivity index (χ0v) is 16.5. The van der Waals surface area contributed by atoms with Crippen molar-refractivity contribution in [3.05, 3.63) is 76.0 Å². The van der Waals surface area contributed by atoms with E-state index in [4.69, 9.17) is 4.98 Å². The Hall–Kier alpha value is -3.48. The molecule has 1 aromatic carbocycles. The number of phenolic OH excluding ortho intramolecular Hbond substituents is 1. The smallest absolute Gasteiger partial charge is 0.254 e. The molecule has 152 valence electrons. The van der Waals surface area contributed by atoms with Crippen LogP contribution >= 0.6 is 0 Å². The summed E-state index contributed by atoms with van der Waals surface area (Å²) in [6, 6.07) is 10.1. The molecular weight excluding hydrogens is 380 g/mol. The molecule has 5 rings (SSSR count). The quantitative estimate of drug-likeness (QED) is 0.687. The van der Waals surface area contributed by atoms with Crippen LogP contribution in [0.25, 0.3) is 11.4 Å². The molecular formula is C23H22N4O3. The molecule has 7 heteroatoms. The van der Waals surface area contributed by atoms with Crippen LogP contribution in [-0.4, -0.2) is 44.0 Å². The molecule has 0 bridgehead atoms. The SMILES string of the molecule is O=C(c1cccc(O)c1)N1CCCC2(CCc3c2nc(-c2cccnc2)[nH]c3=O)C1. The fourth-order valence-electron chi connectivity index (χ4n) is 4.81. The number of aromatic amines is 1. The number of phenols is 1. The van der Waals surface area contributed by atoms with E-state index in [2.05, 4.69) is 9.97 Å². The van der Waals surface area contributed by atoms with Crippen molar-refractivity contribution in [2.45, 2.75) is 31.1 Å². The van der Waals surface area contributed by atoms with Gasteiger partial charge in [0.05, 0.1) is 5.69 Å². The van der Waals surface area contributed by atoms with Crippen molar-refractivity contribution in [2.75, 3.05) is 13.1 Å². The Morgan fingerprint density at radius 3 is 2.90 bits per heavy atom. The molecule has 2 aromatic heterocycles. The fourth-order valence-corrected chi connectivity index (χ4v) is 4.81. The summed E-state index contributed by atoms with van der Waals surface area (Å²) in [6.07, 6.45) is 6.58. The van der Waals surface area contributed by atoms with Gasteiger partial charge in [0, 0.05) is 47.6 Å². The maximum absolute atomic E-state index is 13.1. The zero-order valence-electron chi connectivity index (χ0n) is 16.5. The van der Waals surface area contributed by atoms with Crippen molar-refractivity contribution in [1.29, 1.82) is 0 Å². The lowest BCUT2D eigenvalue weighted by Crippen LogP contribution is -2.48. The van der Waals surface area contributed by atoms with Gasteiger partial charge in [0.2, 0.25) is 0 Å². The minimum atomic E-state index is -0.314. The number of benzene rings is 1. The number of likely N-dealkylation sites (tertiary alicyclic amines) is 1. The highest BCUT2D eigenvalue weighted by Gasteiger charge is 2.45. The summed E-state index contributed by atoms with van der Waals surface area (Å²) in [7, 11) is 0. The second kappa shape index (κ2) is 7.09. The van der Waals surface area contributed by atoms with Crippen LogP contribution in [0.2, 0.25) is 0 Å². The van der Waals surface area contributed by atoms with Crippen molar-refractivity contribution in [3.8, 4) is 17.1 Å². The number of aromatic hydroxyl groups is 1. The van der Waals surface area contributed by atoms with Crippen molar-refractivity contribution in [1.82, 2.24) is 19.9 Å². The molecule has 1 spiro atoms. The Kier molecular flexibility index (Phi) is 4.38. The molecule has 0 saturated carbocycles. The first-order chi connectivity index (χ1) is 14.6. The number of nitrogens with one attached hydrogen (secondary N) is 1. The number of aromatic nitrogens is 3. The largest absolute Gasteiger partial charge is 0.508 e. The summed E-state index contributed by atoms with van der Waals surface area (Å²) < 4.78 is 0. The van der Waals surface area contributed by atoms with Gasteiger partial charge in [0.15, 0.2) is 0 Å². The number of carbonyl (C=O) groups excluding carboxylic acids is 1. The predicted octanol–water partition coefficient (Wildman–Crippen LogP) is 2.66. The van der Waals surface area contributed by atoms with E-state index in [1.54, 1.807) is 30.6 Å². The summed E-state index contributed by atoms with van der Waals surface area (Å²) in [4.78, 5) is 39.6. The normalized spacial score (nSPS) is 20.3. The molecule has 1 atom stereocenters. The van der Waals surface area contributed by atoms with Gasteiger partial charge in [-0.15, -0.1) is 0 Å². The van der Waals surface area contributed by atoms with Gasteiger partial charge in [-0.3, -0.25) is 14.6 Å². The number of carbonyl (C=O) groups is 1. The van der Waals surface area contributed by atoms with E-state index in [1.807, 2.05) is 17.0 Å². The van der Waals surface area contributed by atoms with Crippen LogP contribution in [0, 0.1) is 0 Å². The van der Waals surface area contributed by atoms with Gasteiger partial charge in [-0.25, -0.2) is 4.98 Å². The molecule has 1 aliphatic carbocycles. The number of piperidine rings is 1. The molecule has 1 saturated heterocycles. The lowest BCUT2D eigenvalue weighted by molar-refractivity contribution is 0.0633. The van der Waals surface area contributed by atoms with Gasteiger partial charge in [0.25, 0.3) is 11.5 Å². The average molecular weight is 402 g/mol. The Morgan fingerprint density at radius 2 is 2.10 bits per heavy atom. The molecule has 1 aliphatic heterocycles. The maximum atomic E-state index is 13.1. The summed E-state index contributed by atoms with van der Waals surface area (Å²) in [5.41, 5.74) is 2.37. The van der Waals surface area contributed by atoms with Crippen molar-refractivity contribution in [3.63, 3.8) is 0 Å². The Morgan fingerprint density at radius 1 is 1.20 bits per heavy atom. The van der Waals surface area contributed by atoms with E-state index in [0.29, 0.717) is 30.9 Å². The highest BCUT2D eigenvalue weighted by molar-refractivity contribution is 5.94. The Balaban J connectivity index is 1.51. The van der Waals surface area contributed by atoms with Crippen molar-refractivity contribution in [2.24, 2.45) is 0 Å². The van der Waals surface area contributed by atoms with Gasteiger partial charge >= 0.3 is 0 Å². The Bertz CT molecular complexity index is 1170. The molecule has 2 aliphatic rings. The number of rotatable bonds is 2. The van der Waals surface area contributed by atoms with E-state index in [0.717, 1.165) is 36.1 Å². The molecule has 7 nitrogen and oxygen atoms in total. The number of pyridine rings is 1. The summed E-state index contributed by atoms with van der Waals surface area (Å²) in [6.45, 7) is 1.18. The third kappa shape index (κ3) is 3.07. The molecule has 0 radical (unpaired) electrons. The van der Waals surface area contributed by atoms with E-state index in [9.17, 15) is 14.7 Å². The summed E-state index contributed by atoms with van der Waals surface area (Å²) in [5, 5.41) is 9.74. The van der Waals surface area contributed by atoms with Gasteiger partial charge in [-0.05, 0) is 56.0 Å². The van der Waals surface area contributed by atoms with E-state index in [-0.39, 0.29) is 22.6 Å². The monoisotopic (exact) mass is 402 g/mol. The lowest BCUT2D eigenvalue weighted by Gasteiger charge is -2.40. The third-order valence-electron chi connectivity index (χ3n) is 6.26. The average Bonchev–Trinajstić information content (AvgIpc) is 3.12. The Labute approximate surface area is 173 Å². The zero-order chi connectivity index (χ0) is 20.7. The first kappa shape index (κ1) is 18.5. The van der Waals surface area contributed by atoms with E-state index < -0.39 is 0 Å². The number of hydrogen-bond donors (Lipinski definition) is 2. The van der Waals surface area contributed by atoms with Gasteiger partial charge in [-0.1, -0.05) is 6.07 Å². The molecule has 3 aromatic rings. The second-order valence-electron chi connectivity index (χ2n) is 8.14. The fraction of sp³-hybridized carbons (Fsp3) is 0.304. The number of amides is 1. The van der Waals surface area contributed by atoms with Crippen LogP contribution in [0.1, 0.15) is 40.9 Å². The molecule has 1 unspecified atom stereocenters. The lowest BCUT2D eigenvalue weighted by atomic mass is 9.77. The minimum Gasteiger partial charge on any atom is -0.508 e. The van der Waals surface area contributed by atoms with E-state index in [1.165, 1.54) is 6.07 Å². The number of nitrogens with zero attached hydrogens (tertiary/aromatic N) is 3. The maximum Gasteiger partial charge on any atom is 0.254 e. The first-order valence-electron chi connectivity index (χ1n) is 10.2. The van der Waals surface area contributed by atoms with Gasteiger partial charge in [-0.2, -0.15) is 0 Å². The number of H-pyrrole nitrogens is 1. The molecule has 1 fully saturated rings. The molecule has 1 amide bonds. The number of fused-ring (bicyclic) bond motifs is 2. The predicted molar refractivity (Wildman–Crippen MR) is 111 cm³/mol. The minimum absolute atomic E-state index is 0.0769. The molecule has 3 heterocycles. The third-order valence-corrected chi connectivity index (χ3v) is 6.26. The van der Waals surface area contributed by atoms with Gasteiger partial charge < -0.3 is 15.0 Å². The molecule has 30 heavy (non-hydrogen) atoms.